The minimum atomic E-state index is 0.451. The van der Waals surface area contributed by atoms with Gasteiger partial charge in [0.2, 0.25) is 0 Å². The van der Waals surface area contributed by atoms with E-state index in [-0.39, 0.29) is 0 Å². The van der Waals surface area contributed by atoms with Crippen LogP contribution >= 0.6 is 0 Å². The Labute approximate surface area is 162 Å². The molecule has 0 fully saturated rings. The maximum Gasteiger partial charge on any atom is 0.146 e. The van der Waals surface area contributed by atoms with E-state index < -0.39 is 0 Å². The first kappa shape index (κ1) is 15.3. The number of aromatic nitrogens is 2. The summed E-state index contributed by atoms with van der Waals surface area (Å²) in [6.45, 7) is 0.451. The van der Waals surface area contributed by atoms with Gasteiger partial charge in [0.15, 0.2) is 0 Å². The summed E-state index contributed by atoms with van der Waals surface area (Å²) < 4.78 is 6.07. The van der Waals surface area contributed by atoms with Gasteiger partial charge in [0.25, 0.3) is 0 Å². The molecule has 0 unspecified atom stereocenters. The Morgan fingerprint density at radius 3 is 2.32 bits per heavy atom. The number of ether oxygens (including phenoxy) is 1. The predicted octanol–water partition coefficient (Wildman–Crippen LogP) is 6.01. The van der Waals surface area contributed by atoms with Crippen molar-refractivity contribution in [3.8, 4) is 28.1 Å². The van der Waals surface area contributed by atoms with Crippen molar-refractivity contribution in [2.75, 3.05) is 0 Å². The standard InChI is InChI=1S/C25H16N2O/c1-2-8-16(9-3-1)23-18-11-5-7-13-20(18)26-21-15-28-22-14-17-10-4-6-12-19(17)27-25(22)24(21)23/h1-14H,15H2. The van der Waals surface area contributed by atoms with E-state index in [2.05, 4.69) is 54.6 Å². The Kier molecular flexibility index (Phi) is 3.23. The lowest BCUT2D eigenvalue weighted by Gasteiger charge is -2.24. The number of hydrogen-bond donors (Lipinski definition) is 0. The lowest BCUT2D eigenvalue weighted by Crippen LogP contribution is -2.11. The van der Waals surface area contributed by atoms with Crippen LogP contribution in [0, 0.1) is 0 Å². The summed E-state index contributed by atoms with van der Waals surface area (Å²) in [7, 11) is 0. The van der Waals surface area contributed by atoms with Crippen molar-refractivity contribution in [1.82, 2.24) is 9.97 Å². The summed E-state index contributed by atoms with van der Waals surface area (Å²) in [4.78, 5) is 9.90. The highest BCUT2D eigenvalue weighted by Gasteiger charge is 2.26. The highest BCUT2D eigenvalue weighted by atomic mass is 16.5. The third-order valence-electron chi connectivity index (χ3n) is 5.32. The number of benzene rings is 3. The number of rotatable bonds is 1. The van der Waals surface area contributed by atoms with Crippen LogP contribution in [-0.2, 0) is 6.61 Å². The van der Waals surface area contributed by atoms with Crippen LogP contribution in [0.4, 0.5) is 0 Å². The molecule has 1 aliphatic rings. The molecule has 28 heavy (non-hydrogen) atoms. The molecule has 0 bridgehead atoms. The van der Waals surface area contributed by atoms with E-state index in [0.29, 0.717) is 6.61 Å². The summed E-state index contributed by atoms with van der Waals surface area (Å²) in [6, 6.07) is 29.0. The van der Waals surface area contributed by atoms with Gasteiger partial charge >= 0.3 is 0 Å². The monoisotopic (exact) mass is 360 g/mol. The predicted molar refractivity (Wildman–Crippen MR) is 112 cm³/mol. The summed E-state index contributed by atoms with van der Waals surface area (Å²) >= 11 is 0. The van der Waals surface area contributed by atoms with Crippen LogP contribution < -0.4 is 4.74 Å². The molecule has 3 aromatic carbocycles. The first-order valence-corrected chi connectivity index (χ1v) is 9.38. The molecule has 0 aliphatic carbocycles. The molecule has 3 heterocycles. The van der Waals surface area contributed by atoms with E-state index in [0.717, 1.165) is 44.5 Å². The quantitative estimate of drug-likeness (QED) is 0.367. The second kappa shape index (κ2) is 5.89. The smallest absolute Gasteiger partial charge is 0.146 e. The molecule has 1 aliphatic heterocycles. The molecule has 0 amide bonds. The molecule has 2 aromatic heterocycles. The van der Waals surface area contributed by atoms with E-state index in [1.54, 1.807) is 0 Å². The van der Waals surface area contributed by atoms with E-state index >= 15 is 0 Å². The lowest BCUT2D eigenvalue weighted by atomic mass is 9.91. The van der Waals surface area contributed by atoms with E-state index in [9.17, 15) is 0 Å². The maximum atomic E-state index is 6.07. The van der Waals surface area contributed by atoms with Gasteiger partial charge in [-0.05, 0) is 23.8 Å². The summed E-state index contributed by atoms with van der Waals surface area (Å²) in [5, 5.41) is 2.22. The van der Waals surface area contributed by atoms with Gasteiger partial charge in [-0.1, -0.05) is 66.7 Å². The fourth-order valence-electron chi connectivity index (χ4n) is 4.06. The van der Waals surface area contributed by atoms with E-state index in [1.165, 1.54) is 11.1 Å². The molecule has 0 saturated carbocycles. The molecule has 0 atom stereocenters. The van der Waals surface area contributed by atoms with Gasteiger partial charge < -0.3 is 4.74 Å². The van der Waals surface area contributed by atoms with Crippen molar-refractivity contribution in [2.45, 2.75) is 6.61 Å². The van der Waals surface area contributed by atoms with Gasteiger partial charge in [0, 0.05) is 21.9 Å². The Morgan fingerprint density at radius 1 is 0.679 bits per heavy atom. The van der Waals surface area contributed by atoms with E-state index in [4.69, 9.17) is 14.7 Å². The SMILES string of the molecule is c1ccc(-c2c3c(nc4ccccc24)COc2cc4ccccc4nc2-3)cc1. The molecular weight excluding hydrogens is 344 g/mol. The normalized spacial score (nSPS) is 12.4. The van der Waals surface area contributed by atoms with Crippen LogP contribution in [0.2, 0.25) is 0 Å². The Morgan fingerprint density at radius 2 is 1.43 bits per heavy atom. The Balaban J connectivity index is 1.77. The highest BCUT2D eigenvalue weighted by molar-refractivity contribution is 6.04. The van der Waals surface area contributed by atoms with Crippen LogP contribution in [0.1, 0.15) is 5.69 Å². The van der Waals surface area contributed by atoms with Crippen LogP contribution in [0.25, 0.3) is 44.2 Å². The number of nitrogens with zero attached hydrogens (tertiary/aromatic N) is 2. The third kappa shape index (κ3) is 2.23. The van der Waals surface area contributed by atoms with Crippen LogP contribution in [0.3, 0.4) is 0 Å². The minimum absolute atomic E-state index is 0.451. The zero-order valence-electron chi connectivity index (χ0n) is 15.1. The average molecular weight is 360 g/mol. The number of pyridine rings is 2. The lowest BCUT2D eigenvalue weighted by molar-refractivity contribution is 0.297. The van der Waals surface area contributed by atoms with Gasteiger partial charge in [-0.2, -0.15) is 0 Å². The first-order chi connectivity index (χ1) is 13.9. The molecule has 6 rings (SSSR count). The molecular formula is C25H16N2O. The molecule has 0 saturated heterocycles. The molecule has 132 valence electrons. The van der Waals surface area contributed by atoms with Crippen LogP contribution in [0.5, 0.6) is 5.75 Å². The van der Waals surface area contributed by atoms with Gasteiger partial charge in [0.1, 0.15) is 18.1 Å². The van der Waals surface area contributed by atoms with Crippen molar-refractivity contribution >= 4 is 21.8 Å². The third-order valence-corrected chi connectivity index (χ3v) is 5.32. The average Bonchev–Trinajstić information content (AvgIpc) is 2.76. The highest BCUT2D eigenvalue weighted by Crippen LogP contribution is 2.45. The maximum absolute atomic E-state index is 6.07. The van der Waals surface area contributed by atoms with Gasteiger partial charge in [-0.3, -0.25) is 0 Å². The molecule has 0 spiro atoms. The van der Waals surface area contributed by atoms with Crippen molar-refractivity contribution in [1.29, 1.82) is 0 Å². The second-order valence-corrected chi connectivity index (χ2v) is 7.01. The number of hydrogen-bond acceptors (Lipinski definition) is 3. The molecule has 5 aromatic rings. The number of para-hydroxylation sites is 2. The van der Waals surface area contributed by atoms with Gasteiger partial charge in [-0.15, -0.1) is 0 Å². The molecule has 0 N–H and O–H groups in total. The van der Waals surface area contributed by atoms with Crippen molar-refractivity contribution in [3.05, 3.63) is 90.6 Å². The zero-order valence-corrected chi connectivity index (χ0v) is 15.1. The molecule has 3 heteroatoms. The molecule has 3 nitrogen and oxygen atoms in total. The Bertz CT molecular complexity index is 1360. The zero-order chi connectivity index (χ0) is 18.5. The van der Waals surface area contributed by atoms with Crippen molar-refractivity contribution in [3.63, 3.8) is 0 Å². The van der Waals surface area contributed by atoms with Crippen molar-refractivity contribution in [2.24, 2.45) is 0 Å². The van der Waals surface area contributed by atoms with Crippen LogP contribution in [0.15, 0.2) is 84.9 Å². The minimum Gasteiger partial charge on any atom is -0.485 e. The van der Waals surface area contributed by atoms with Crippen molar-refractivity contribution < 1.29 is 4.74 Å². The van der Waals surface area contributed by atoms with Gasteiger partial charge in [0.05, 0.1) is 16.7 Å². The summed E-state index contributed by atoms with van der Waals surface area (Å²) in [5.74, 6) is 0.820. The van der Waals surface area contributed by atoms with Gasteiger partial charge in [-0.25, -0.2) is 9.97 Å². The second-order valence-electron chi connectivity index (χ2n) is 7.01. The summed E-state index contributed by atoms with van der Waals surface area (Å²) in [6.07, 6.45) is 0. The fourth-order valence-corrected chi connectivity index (χ4v) is 4.06. The van der Waals surface area contributed by atoms with Crippen LogP contribution in [-0.4, -0.2) is 9.97 Å². The summed E-state index contributed by atoms with van der Waals surface area (Å²) in [5.41, 5.74) is 7.17. The fraction of sp³-hybridized carbons (Fsp3) is 0.0400. The largest absolute Gasteiger partial charge is 0.485 e. The Hall–Kier alpha value is -3.72. The van der Waals surface area contributed by atoms with E-state index in [1.807, 2.05) is 30.3 Å². The number of fused-ring (bicyclic) bond motifs is 5. The first-order valence-electron chi connectivity index (χ1n) is 9.38. The molecule has 0 radical (unpaired) electrons. The topological polar surface area (TPSA) is 35.0 Å².